The molecule has 134 valence electrons. The van der Waals surface area contributed by atoms with Crippen LogP contribution in [-0.4, -0.2) is 53.1 Å². The fraction of sp³-hybridized carbons (Fsp3) is 0.556. The van der Waals surface area contributed by atoms with Gasteiger partial charge in [-0.05, 0) is 31.4 Å². The van der Waals surface area contributed by atoms with E-state index in [-0.39, 0.29) is 23.8 Å². The fourth-order valence-electron chi connectivity index (χ4n) is 3.16. The van der Waals surface area contributed by atoms with Gasteiger partial charge in [-0.3, -0.25) is 14.6 Å². The number of hydrogen-bond donors (Lipinski definition) is 1. The Kier molecular flexibility index (Phi) is 5.63. The molecule has 7 heteroatoms. The number of amides is 2. The van der Waals surface area contributed by atoms with E-state index in [2.05, 4.69) is 15.5 Å². The van der Waals surface area contributed by atoms with Crippen molar-refractivity contribution in [1.29, 1.82) is 0 Å². The number of likely N-dealkylation sites (tertiary alicyclic amines) is 1. The number of piperidine rings is 1. The van der Waals surface area contributed by atoms with Crippen LogP contribution in [0.1, 0.15) is 43.1 Å². The van der Waals surface area contributed by atoms with Gasteiger partial charge in [-0.1, -0.05) is 18.1 Å². The number of rotatable bonds is 5. The highest BCUT2D eigenvalue weighted by Crippen LogP contribution is 2.19. The zero-order chi connectivity index (χ0) is 17.6. The first-order chi connectivity index (χ1) is 12.2. The van der Waals surface area contributed by atoms with Crippen LogP contribution in [0.15, 0.2) is 29.6 Å². The highest BCUT2D eigenvalue weighted by atomic mass is 16.6. The van der Waals surface area contributed by atoms with Crippen LogP contribution in [0.5, 0.6) is 0 Å². The van der Waals surface area contributed by atoms with Gasteiger partial charge in [0, 0.05) is 31.6 Å². The zero-order valence-electron chi connectivity index (χ0n) is 14.5. The summed E-state index contributed by atoms with van der Waals surface area (Å²) in [6.45, 7) is 3.69. The molecule has 0 saturated carbocycles. The van der Waals surface area contributed by atoms with Gasteiger partial charge in [0.15, 0.2) is 0 Å². The maximum absolute atomic E-state index is 12.4. The highest BCUT2D eigenvalue weighted by molar-refractivity contribution is 5.92. The molecule has 1 aromatic rings. The summed E-state index contributed by atoms with van der Waals surface area (Å²) in [6, 6.07) is 5.31. The predicted molar refractivity (Wildman–Crippen MR) is 93.1 cm³/mol. The Balaban J connectivity index is 1.41. The van der Waals surface area contributed by atoms with Crippen LogP contribution >= 0.6 is 0 Å². The average molecular weight is 344 g/mol. The van der Waals surface area contributed by atoms with Crippen LogP contribution in [0.2, 0.25) is 0 Å². The molecule has 1 aromatic heterocycles. The molecule has 0 aliphatic carbocycles. The highest BCUT2D eigenvalue weighted by Gasteiger charge is 2.29. The molecule has 2 amide bonds. The number of oxime groups is 1. The molecular weight excluding hydrogens is 320 g/mol. The molecule has 1 fully saturated rings. The Hall–Kier alpha value is -2.44. The minimum Gasteiger partial charge on any atom is -0.390 e. The monoisotopic (exact) mass is 344 g/mol. The topological polar surface area (TPSA) is 83.9 Å². The summed E-state index contributed by atoms with van der Waals surface area (Å²) in [6.07, 6.45) is 4.58. The van der Waals surface area contributed by atoms with Crippen molar-refractivity contribution in [2.75, 3.05) is 19.6 Å². The van der Waals surface area contributed by atoms with E-state index in [9.17, 15) is 9.59 Å². The first-order valence-electron chi connectivity index (χ1n) is 8.87. The molecule has 0 unspecified atom stereocenters. The van der Waals surface area contributed by atoms with Crippen molar-refractivity contribution < 1.29 is 14.4 Å². The van der Waals surface area contributed by atoms with Gasteiger partial charge >= 0.3 is 0 Å². The van der Waals surface area contributed by atoms with E-state index in [1.807, 2.05) is 6.92 Å². The molecule has 2 aliphatic rings. The third kappa shape index (κ3) is 4.35. The number of nitrogens with zero attached hydrogens (tertiary/aromatic N) is 3. The van der Waals surface area contributed by atoms with Crippen molar-refractivity contribution in [1.82, 2.24) is 15.2 Å². The van der Waals surface area contributed by atoms with Crippen molar-refractivity contribution in [2.24, 2.45) is 11.1 Å². The normalized spacial score (nSPS) is 20.8. The van der Waals surface area contributed by atoms with Crippen LogP contribution in [0.25, 0.3) is 0 Å². The van der Waals surface area contributed by atoms with Crippen molar-refractivity contribution in [3.8, 4) is 0 Å². The molecule has 1 N–H and O–H groups in total. The van der Waals surface area contributed by atoms with Gasteiger partial charge in [-0.2, -0.15) is 0 Å². The molecule has 3 heterocycles. The molecule has 3 rings (SSSR count). The summed E-state index contributed by atoms with van der Waals surface area (Å²) in [5, 5.41) is 6.96. The van der Waals surface area contributed by atoms with Crippen LogP contribution in [0.4, 0.5) is 0 Å². The fourth-order valence-corrected chi connectivity index (χ4v) is 3.16. The molecule has 1 saturated heterocycles. The summed E-state index contributed by atoms with van der Waals surface area (Å²) < 4.78 is 0. The Labute approximate surface area is 147 Å². The molecule has 0 bridgehead atoms. The first kappa shape index (κ1) is 17.4. The smallest absolute Gasteiger partial charge is 0.272 e. The van der Waals surface area contributed by atoms with Gasteiger partial charge < -0.3 is 15.1 Å². The maximum atomic E-state index is 12.4. The number of pyridine rings is 1. The van der Waals surface area contributed by atoms with Gasteiger partial charge in [-0.25, -0.2) is 0 Å². The van der Waals surface area contributed by atoms with Crippen LogP contribution in [-0.2, 0) is 9.63 Å². The number of aromatic nitrogens is 1. The summed E-state index contributed by atoms with van der Waals surface area (Å²) in [5.41, 5.74) is 1.50. The van der Waals surface area contributed by atoms with E-state index < -0.39 is 0 Å². The molecular formula is C18H24N4O3. The molecule has 7 nitrogen and oxygen atoms in total. The minimum atomic E-state index is -0.0666. The number of carbonyl (C=O) groups excluding carboxylic acids is 2. The Morgan fingerprint density at radius 1 is 1.32 bits per heavy atom. The lowest BCUT2D eigenvalue weighted by molar-refractivity contribution is -0.126. The Bertz CT molecular complexity index is 639. The minimum absolute atomic E-state index is 0.0403. The standard InChI is InChI=1S/C18H24N4O3/c1-2-14-11-15(25-21-14)12-20-17(23)13-6-9-22(10-7-13)18(24)16-5-3-4-8-19-16/h3-5,8,13,15H,2,6-7,9-12H2,1H3,(H,20,23)/t15-/m1/s1. The van der Waals surface area contributed by atoms with Gasteiger partial charge in [0.05, 0.1) is 12.3 Å². The summed E-state index contributed by atoms with van der Waals surface area (Å²) in [7, 11) is 0. The predicted octanol–water partition coefficient (Wildman–Crippen LogP) is 1.60. The number of hydrogen-bond acceptors (Lipinski definition) is 5. The molecule has 2 aliphatic heterocycles. The quantitative estimate of drug-likeness (QED) is 0.879. The van der Waals surface area contributed by atoms with Crippen molar-refractivity contribution in [3.63, 3.8) is 0 Å². The van der Waals surface area contributed by atoms with E-state index in [4.69, 9.17) is 4.84 Å². The van der Waals surface area contributed by atoms with Crippen LogP contribution in [0.3, 0.4) is 0 Å². The molecule has 1 atom stereocenters. The second kappa shape index (κ2) is 8.09. The van der Waals surface area contributed by atoms with E-state index in [0.717, 1.165) is 18.6 Å². The van der Waals surface area contributed by atoms with E-state index in [0.29, 0.717) is 38.2 Å². The molecule has 0 radical (unpaired) electrons. The van der Waals surface area contributed by atoms with Crippen molar-refractivity contribution in [3.05, 3.63) is 30.1 Å². The van der Waals surface area contributed by atoms with E-state index in [1.165, 1.54) is 0 Å². The zero-order valence-corrected chi connectivity index (χ0v) is 14.5. The van der Waals surface area contributed by atoms with Crippen molar-refractivity contribution in [2.45, 2.75) is 38.7 Å². The van der Waals surface area contributed by atoms with Gasteiger partial charge in [0.1, 0.15) is 11.8 Å². The first-order valence-corrected chi connectivity index (χ1v) is 8.87. The molecule has 0 aromatic carbocycles. The second-order valence-electron chi connectivity index (χ2n) is 6.47. The van der Waals surface area contributed by atoms with Gasteiger partial charge in [-0.15, -0.1) is 0 Å². The summed E-state index contributed by atoms with van der Waals surface area (Å²) >= 11 is 0. The third-order valence-electron chi connectivity index (χ3n) is 4.74. The lowest BCUT2D eigenvalue weighted by Gasteiger charge is -2.31. The van der Waals surface area contributed by atoms with Crippen LogP contribution in [0, 0.1) is 5.92 Å². The van der Waals surface area contributed by atoms with Gasteiger partial charge in [0.25, 0.3) is 5.91 Å². The second-order valence-corrected chi connectivity index (χ2v) is 6.47. The van der Waals surface area contributed by atoms with E-state index >= 15 is 0 Å². The lowest BCUT2D eigenvalue weighted by Crippen LogP contribution is -2.44. The summed E-state index contributed by atoms with van der Waals surface area (Å²) in [5.74, 6) is -0.0812. The maximum Gasteiger partial charge on any atom is 0.272 e. The average Bonchev–Trinajstić information content (AvgIpc) is 3.14. The molecule has 25 heavy (non-hydrogen) atoms. The van der Waals surface area contributed by atoms with Crippen LogP contribution < -0.4 is 5.32 Å². The van der Waals surface area contributed by atoms with Crippen molar-refractivity contribution >= 4 is 17.5 Å². The SMILES string of the molecule is CCC1=NO[C@@H](CNC(=O)C2CCN(C(=O)c3ccccn3)CC2)C1. The third-order valence-corrected chi connectivity index (χ3v) is 4.74. The Morgan fingerprint density at radius 2 is 2.12 bits per heavy atom. The Morgan fingerprint density at radius 3 is 2.76 bits per heavy atom. The largest absolute Gasteiger partial charge is 0.390 e. The summed E-state index contributed by atoms with van der Waals surface area (Å²) in [4.78, 5) is 35.9. The lowest BCUT2D eigenvalue weighted by atomic mass is 9.95. The number of carbonyl (C=O) groups is 2. The number of nitrogens with one attached hydrogen (secondary N) is 1. The van der Waals surface area contributed by atoms with Gasteiger partial charge in [0.2, 0.25) is 5.91 Å². The molecule has 0 spiro atoms. The van der Waals surface area contributed by atoms with E-state index in [1.54, 1.807) is 29.3 Å².